The molecule has 37 heavy (non-hydrogen) atoms. The summed E-state index contributed by atoms with van der Waals surface area (Å²) in [7, 11) is 0. The van der Waals surface area contributed by atoms with Gasteiger partial charge in [-0.15, -0.1) is 0 Å². The number of hydrogen-bond donors (Lipinski definition) is 0. The fourth-order valence-electron chi connectivity index (χ4n) is 6.17. The molecule has 1 fully saturated rings. The fourth-order valence-corrected chi connectivity index (χ4v) is 6.17. The van der Waals surface area contributed by atoms with Gasteiger partial charge >= 0.3 is 17.8 Å². The number of para-hydroxylation sites is 1. The molecule has 7 nitrogen and oxygen atoms in total. The number of nitrogens with zero attached hydrogens (tertiary/aromatic N) is 3. The molecule has 192 valence electrons. The highest BCUT2D eigenvalue weighted by Crippen LogP contribution is 2.40. The molecule has 3 aromatic rings. The molecule has 0 aliphatic carbocycles. The van der Waals surface area contributed by atoms with E-state index in [1.54, 1.807) is 0 Å². The summed E-state index contributed by atoms with van der Waals surface area (Å²) in [6.45, 7) is 6.21. The van der Waals surface area contributed by atoms with Gasteiger partial charge in [0.2, 0.25) is 0 Å². The molecule has 1 spiro atoms. The van der Waals surface area contributed by atoms with Gasteiger partial charge in [-0.2, -0.15) is 0 Å². The molecule has 1 atom stereocenters. The van der Waals surface area contributed by atoms with E-state index in [1.807, 2.05) is 35.2 Å². The molecule has 6 rings (SSSR count). The monoisotopic (exact) mass is 499 g/mol. The van der Waals surface area contributed by atoms with Crippen molar-refractivity contribution < 1.29 is 19.1 Å². The maximum Gasteiger partial charge on any atom is 0.365 e. The molecule has 0 radical (unpaired) electrons. The zero-order valence-electron chi connectivity index (χ0n) is 21.2. The van der Waals surface area contributed by atoms with E-state index in [9.17, 15) is 9.59 Å². The van der Waals surface area contributed by atoms with Gasteiger partial charge in [-0.3, -0.25) is 4.90 Å². The van der Waals surface area contributed by atoms with Crippen molar-refractivity contribution in [3.05, 3.63) is 84.1 Å². The van der Waals surface area contributed by atoms with Crippen molar-refractivity contribution in [3.63, 3.8) is 0 Å². The number of carbonyl (C=O) groups excluding carboxylic acids is 2. The Labute approximate surface area is 217 Å². The zero-order valence-corrected chi connectivity index (χ0v) is 21.2. The van der Waals surface area contributed by atoms with Gasteiger partial charge in [0, 0.05) is 48.7 Å². The van der Waals surface area contributed by atoms with Crippen LogP contribution in [-0.2, 0) is 37.9 Å². The number of ether oxygens (including phenoxy) is 2. The molecule has 4 heterocycles. The number of piperidine rings is 1. The minimum atomic E-state index is -1.59. The number of aromatic nitrogens is 1. The summed E-state index contributed by atoms with van der Waals surface area (Å²) in [4.78, 5) is 29.9. The van der Waals surface area contributed by atoms with Gasteiger partial charge in [-0.25, -0.2) is 14.5 Å². The van der Waals surface area contributed by atoms with Gasteiger partial charge in [-0.1, -0.05) is 48.5 Å². The van der Waals surface area contributed by atoms with Crippen LogP contribution in [0.1, 0.15) is 31.0 Å². The first-order chi connectivity index (χ1) is 18.0. The quantitative estimate of drug-likeness (QED) is 0.494. The molecule has 0 N–H and O–H groups in total. The second-order valence-corrected chi connectivity index (χ2v) is 10.5. The molecular weight excluding hydrogens is 466 g/mol. The molecule has 7 heteroatoms. The van der Waals surface area contributed by atoms with E-state index in [0.29, 0.717) is 24.7 Å². The van der Waals surface area contributed by atoms with Crippen LogP contribution in [0.4, 0.5) is 0 Å². The summed E-state index contributed by atoms with van der Waals surface area (Å²) in [5, 5.41) is 1.02. The summed E-state index contributed by atoms with van der Waals surface area (Å²) in [6.07, 6.45) is 5.75. The first kappa shape index (κ1) is 23.9. The highest BCUT2D eigenvalue weighted by Gasteiger charge is 2.52. The van der Waals surface area contributed by atoms with Gasteiger partial charge < -0.3 is 14.0 Å². The Kier molecular flexibility index (Phi) is 6.34. The lowest BCUT2D eigenvalue weighted by Gasteiger charge is -2.46. The molecule has 1 saturated heterocycles. The van der Waals surface area contributed by atoms with E-state index < -0.39 is 17.8 Å². The number of hydrogen-bond acceptors (Lipinski definition) is 6. The third-order valence-electron chi connectivity index (χ3n) is 8.10. The normalized spacial score (nSPS) is 21.4. The van der Waals surface area contributed by atoms with E-state index in [1.165, 1.54) is 5.56 Å². The fraction of sp³-hybridized carbons (Fsp3) is 0.400. The van der Waals surface area contributed by atoms with Crippen LogP contribution >= 0.6 is 0 Å². The van der Waals surface area contributed by atoms with Gasteiger partial charge in [0.25, 0.3) is 0 Å². The molecule has 0 saturated carbocycles. The summed E-state index contributed by atoms with van der Waals surface area (Å²) in [5.74, 6) is -2.06. The smallest absolute Gasteiger partial charge is 0.365 e. The maximum absolute atomic E-state index is 12.7. The van der Waals surface area contributed by atoms with E-state index in [0.717, 1.165) is 62.0 Å². The Morgan fingerprint density at radius 1 is 0.892 bits per heavy atom. The van der Waals surface area contributed by atoms with E-state index in [2.05, 4.69) is 46.7 Å². The van der Waals surface area contributed by atoms with Crippen molar-refractivity contribution in [3.8, 4) is 0 Å². The van der Waals surface area contributed by atoms with Crippen LogP contribution in [-0.4, -0.2) is 58.5 Å². The van der Waals surface area contributed by atoms with Crippen molar-refractivity contribution in [2.45, 2.75) is 44.7 Å². The molecule has 0 bridgehead atoms. The zero-order chi connectivity index (χ0) is 25.4. The van der Waals surface area contributed by atoms with Gasteiger partial charge in [0.15, 0.2) is 0 Å². The number of likely N-dealkylation sites (tertiary alicyclic amines) is 1. The van der Waals surface area contributed by atoms with Crippen molar-refractivity contribution in [1.82, 2.24) is 14.4 Å². The summed E-state index contributed by atoms with van der Waals surface area (Å²) >= 11 is 0. The van der Waals surface area contributed by atoms with Crippen LogP contribution in [0.2, 0.25) is 0 Å². The minimum absolute atomic E-state index is 0.207. The Morgan fingerprint density at radius 3 is 2.30 bits per heavy atom. The number of fused-ring (bicyclic) bond motifs is 4. The molecule has 1 aromatic heterocycles. The molecule has 3 aliphatic heterocycles. The van der Waals surface area contributed by atoms with Gasteiger partial charge in [-0.05, 0) is 62.9 Å². The second-order valence-electron chi connectivity index (χ2n) is 10.5. The Hall–Kier alpha value is -3.42. The highest BCUT2D eigenvalue weighted by atomic mass is 16.8. The van der Waals surface area contributed by atoms with Crippen LogP contribution in [0, 0.1) is 5.92 Å². The standard InChI is InChI=1S/C30H33N3O4/c1-22(31-15-13-24(14-16-31)19-23-7-3-2-4-8-23)21-32-17-18-33-26-10-6-5-9-25(26)20-27(33)30(32)36-28(34)11-12-29(35)37-30/h2-12,20,22,24H,13-19,21H2,1H3. The van der Waals surface area contributed by atoms with Crippen LogP contribution in [0.15, 0.2) is 72.8 Å². The maximum atomic E-state index is 12.7. The number of esters is 2. The predicted molar refractivity (Wildman–Crippen MR) is 140 cm³/mol. The van der Waals surface area contributed by atoms with E-state index in [-0.39, 0.29) is 6.04 Å². The summed E-state index contributed by atoms with van der Waals surface area (Å²) in [6, 6.07) is 21.0. The van der Waals surface area contributed by atoms with Crippen LogP contribution in [0.25, 0.3) is 10.9 Å². The Balaban J connectivity index is 1.22. The van der Waals surface area contributed by atoms with Crippen molar-refractivity contribution in [2.24, 2.45) is 5.92 Å². The molecule has 0 amide bonds. The molecular formula is C30H33N3O4. The number of carbonyl (C=O) groups is 2. The van der Waals surface area contributed by atoms with Crippen LogP contribution in [0.3, 0.4) is 0 Å². The largest absolute Gasteiger partial charge is 0.400 e. The summed E-state index contributed by atoms with van der Waals surface area (Å²) < 4.78 is 14.0. The third kappa shape index (κ3) is 4.58. The minimum Gasteiger partial charge on any atom is -0.400 e. The Bertz CT molecular complexity index is 1300. The van der Waals surface area contributed by atoms with Gasteiger partial charge in [0.1, 0.15) is 5.69 Å². The molecule has 1 unspecified atom stereocenters. The number of rotatable bonds is 5. The lowest BCUT2D eigenvalue weighted by Crippen LogP contribution is -2.59. The lowest BCUT2D eigenvalue weighted by molar-refractivity contribution is -0.302. The first-order valence-electron chi connectivity index (χ1n) is 13.3. The molecule has 2 aromatic carbocycles. The molecule has 3 aliphatic rings. The third-order valence-corrected chi connectivity index (χ3v) is 8.10. The van der Waals surface area contributed by atoms with Crippen LogP contribution in [0.5, 0.6) is 0 Å². The Morgan fingerprint density at radius 2 is 1.57 bits per heavy atom. The van der Waals surface area contributed by atoms with Crippen molar-refractivity contribution in [2.75, 3.05) is 26.2 Å². The van der Waals surface area contributed by atoms with E-state index in [4.69, 9.17) is 9.47 Å². The highest BCUT2D eigenvalue weighted by molar-refractivity contribution is 5.93. The number of benzene rings is 2. The predicted octanol–water partition coefficient (Wildman–Crippen LogP) is 4.07. The lowest BCUT2D eigenvalue weighted by atomic mass is 9.89. The topological polar surface area (TPSA) is 64.0 Å². The van der Waals surface area contributed by atoms with Crippen molar-refractivity contribution in [1.29, 1.82) is 0 Å². The SMILES string of the molecule is CC(CN1CCn2c(cc3ccccc32)C12OC(=O)C=CC(=O)O2)N1CCC(Cc2ccccc2)CC1. The van der Waals surface area contributed by atoms with Crippen molar-refractivity contribution >= 4 is 22.8 Å². The van der Waals surface area contributed by atoms with Gasteiger partial charge in [0.05, 0.1) is 0 Å². The second kappa shape index (κ2) is 9.80. The first-order valence-corrected chi connectivity index (χ1v) is 13.3. The van der Waals surface area contributed by atoms with E-state index >= 15 is 0 Å². The van der Waals surface area contributed by atoms with Crippen LogP contribution < -0.4 is 0 Å². The average Bonchev–Trinajstić information content (AvgIpc) is 3.22. The average molecular weight is 500 g/mol. The summed E-state index contributed by atoms with van der Waals surface area (Å²) in [5.41, 5.74) is 3.12.